The SMILES string of the molecule is CC(C)(CCCO)NC(=O)C(=O)N1CCN(C(=O)c2cc3ccccc3[nH]2)CC1. The Balaban J connectivity index is 1.54. The van der Waals surface area contributed by atoms with Gasteiger partial charge < -0.3 is 25.2 Å². The van der Waals surface area contributed by atoms with Crippen molar-refractivity contribution in [2.45, 2.75) is 32.2 Å². The lowest BCUT2D eigenvalue weighted by atomic mass is 9.98. The topological polar surface area (TPSA) is 106 Å². The molecule has 1 aliphatic heterocycles. The smallest absolute Gasteiger partial charge is 0.312 e. The number of nitrogens with zero attached hydrogens (tertiary/aromatic N) is 2. The molecule has 2 heterocycles. The minimum atomic E-state index is -0.650. The van der Waals surface area contributed by atoms with Crippen molar-refractivity contribution in [2.75, 3.05) is 32.8 Å². The van der Waals surface area contributed by atoms with Crippen molar-refractivity contribution in [3.63, 3.8) is 0 Å². The molecule has 1 fully saturated rings. The molecule has 0 spiro atoms. The second-order valence-corrected chi connectivity index (χ2v) is 8.02. The monoisotopic (exact) mass is 400 g/mol. The van der Waals surface area contributed by atoms with Crippen molar-refractivity contribution >= 4 is 28.6 Å². The zero-order chi connectivity index (χ0) is 21.0. The Hall–Kier alpha value is -2.87. The number of benzene rings is 1. The summed E-state index contributed by atoms with van der Waals surface area (Å²) in [7, 11) is 0. The van der Waals surface area contributed by atoms with Crippen LogP contribution in [0, 0.1) is 0 Å². The number of carbonyl (C=O) groups is 3. The Kier molecular flexibility index (Phi) is 6.22. The lowest BCUT2D eigenvalue weighted by Crippen LogP contribution is -2.56. The largest absolute Gasteiger partial charge is 0.396 e. The fourth-order valence-electron chi connectivity index (χ4n) is 3.56. The Morgan fingerprint density at radius 3 is 2.41 bits per heavy atom. The second-order valence-electron chi connectivity index (χ2n) is 8.02. The molecule has 3 N–H and O–H groups in total. The third-order valence-electron chi connectivity index (χ3n) is 5.22. The minimum absolute atomic E-state index is 0.0413. The van der Waals surface area contributed by atoms with Crippen LogP contribution in [0.2, 0.25) is 0 Å². The van der Waals surface area contributed by atoms with E-state index in [0.29, 0.717) is 44.7 Å². The van der Waals surface area contributed by atoms with Crippen LogP contribution in [0.3, 0.4) is 0 Å². The van der Waals surface area contributed by atoms with Crippen LogP contribution in [0.15, 0.2) is 30.3 Å². The van der Waals surface area contributed by atoms with Crippen LogP contribution in [0.25, 0.3) is 10.9 Å². The molecule has 3 amide bonds. The molecule has 2 aromatic rings. The number of carbonyl (C=O) groups excluding carboxylic acids is 3. The van der Waals surface area contributed by atoms with E-state index in [-0.39, 0.29) is 12.5 Å². The van der Waals surface area contributed by atoms with E-state index in [4.69, 9.17) is 5.11 Å². The van der Waals surface area contributed by atoms with Gasteiger partial charge in [-0.15, -0.1) is 0 Å². The van der Waals surface area contributed by atoms with Crippen LogP contribution in [0.4, 0.5) is 0 Å². The molecule has 0 radical (unpaired) electrons. The molecule has 8 heteroatoms. The average Bonchev–Trinajstić information content (AvgIpc) is 3.15. The summed E-state index contributed by atoms with van der Waals surface area (Å²) in [6, 6.07) is 9.53. The fourth-order valence-corrected chi connectivity index (χ4v) is 3.56. The summed E-state index contributed by atoms with van der Waals surface area (Å²) in [4.78, 5) is 43.8. The fraction of sp³-hybridized carbons (Fsp3) is 0.476. The van der Waals surface area contributed by atoms with Crippen LogP contribution in [-0.2, 0) is 9.59 Å². The lowest BCUT2D eigenvalue weighted by molar-refractivity contribution is -0.147. The molecule has 1 aliphatic rings. The zero-order valence-electron chi connectivity index (χ0n) is 16.9. The number of aromatic nitrogens is 1. The molecule has 0 bridgehead atoms. The van der Waals surface area contributed by atoms with Crippen molar-refractivity contribution in [1.29, 1.82) is 0 Å². The van der Waals surface area contributed by atoms with E-state index in [1.807, 2.05) is 44.2 Å². The third kappa shape index (κ3) is 4.95. The number of piperazine rings is 1. The lowest BCUT2D eigenvalue weighted by Gasteiger charge is -2.35. The highest BCUT2D eigenvalue weighted by Crippen LogP contribution is 2.17. The Morgan fingerprint density at radius 2 is 1.76 bits per heavy atom. The number of hydrogen-bond acceptors (Lipinski definition) is 4. The molecule has 0 atom stereocenters. The summed E-state index contributed by atoms with van der Waals surface area (Å²) in [5.74, 6) is -1.34. The number of rotatable bonds is 5. The molecule has 3 rings (SSSR count). The predicted octanol–water partition coefficient (Wildman–Crippen LogP) is 1.12. The van der Waals surface area contributed by atoms with Gasteiger partial charge in [0.2, 0.25) is 0 Å². The molecular weight excluding hydrogens is 372 g/mol. The van der Waals surface area contributed by atoms with E-state index < -0.39 is 17.4 Å². The maximum absolute atomic E-state index is 12.8. The van der Waals surface area contributed by atoms with Gasteiger partial charge in [0.05, 0.1) is 0 Å². The van der Waals surface area contributed by atoms with Crippen LogP contribution in [-0.4, -0.2) is 75.9 Å². The molecule has 8 nitrogen and oxygen atoms in total. The van der Waals surface area contributed by atoms with Gasteiger partial charge in [-0.25, -0.2) is 0 Å². The summed E-state index contributed by atoms with van der Waals surface area (Å²) in [6.45, 7) is 5.07. The van der Waals surface area contributed by atoms with Crippen molar-refractivity contribution < 1.29 is 19.5 Å². The number of nitrogens with one attached hydrogen (secondary N) is 2. The first kappa shape index (κ1) is 20.9. The summed E-state index contributed by atoms with van der Waals surface area (Å²) >= 11 is 0. The number of aliphatic hydroxyl groups excluding tert-OH is 1. The number of fused-ring (bicyclic) bond motifs is 1. The Morgan fingerprint density at radius 1 is 1.10 bits per heavy atom. The summed E-state index contributed by atoms with van der Waals surface area (Å²) in [6.07, 6.45) is 1.13. The number of aromatic amines is 1. The summed E-state index contributed by atoms with van der Waals surface area (Å²) in [5, 5.41) is 12.7. The van der Waals surface area contributed by atoms with E-state index >= 15 is 0 Å². The highest BCUT2D eigenvalue weighted by atomic mass is 16.3. The highest BCUT2D eigenvalue weighted by molar-refractivity contribution is 6.35. The number of amides is 3. The minimum Gasteiger partial charge on any atom is -0.396 e. The van der Waals surface area contributed by atoms with Gasteiger partial charge in [-0.05, 0) is 38.8 Å². The van der Waals surface area contributed by atoms with Crippen LogP contribution < -0.4 is 5.32 Å². The van der Waals surface area contributed by atoms with Crippen molar-refractivity contribution in [2.24, 2.45) is 0 Å². The zero-order valence-corrected chi connectivity index (χ0v) is 16.9. The number of para-hydroxylation sites is 1. The van der Waals surface area contributed by atoms with Crippen LogP contribution >= 0.6 is 0 Å². The van der Waals surface area contributed by atoms with E-state index in [2.05, 4.69) is 10.3 Å². The van der Waals surface area contributed by atoms with Crippen molar-refractivity contribution in [3.8, 4) is 0 Å². The highest BCUT2D eigenvalue weighted by Gasteiger charge is 2.31. The van der Waals surface area contributed by atoms with E-state index in [1.54, 1.807) is 4.90 Å². The normalized spacial score (nSPS) is 14.9. The second kappa shape index (κ2) is 8.65. The van der Waals surface area contributed by atoms with Gasteiger partial charge in [-0.3, -0.25) is 14.4 Å². The average molecular weight is 400 g/mol. The molecule has 1 saturated heterocycles. The molecule has 0 aliphatic carbocycles. The van der Waals surface area contributed by atoms with Gasteiger partial charge in [-0.2, -0.15) is 0 Å². The molecule has 0 saturated carbocycles. The molecular formula is C21H28N4O4. The Bertz CT molecular complexity index is 864. The van der Waals surface area contributed by atoms with Crippen LogP contribution in [0.1, 0.15) is 37.2 Å². The quantitative estimate of drug-likeness (QED) is 0.654. The van der Waals surface area contributed by atoms with Gasteiger partial charge in [0.25, 0.3) is 5.91 Å². The van der Waals surface area contributed by atoms with Gasteiger partial charge in [0, 0.05) is 49.2 Å². The molecule has 1 aromatic heterocycles. The Labute approximate surface area is 169 Å². The number of H-pyrrole nitrogens is 1. The summed E-state index contributed by atoms with van der Waals surface area (Å²) in [5.41, 5.74) is 0.864. The molecule has 156 valence electrons. The number of hydrogen-bond donors (Lipinski definition) is 3. The standard InChI is InChI=1S/C21H28N4O4/c1-21(2,8-5-13-26)23-18(27)20(29)25-11-9-24(10-12-25)19(28)17-14-15-6-3-4-7-16(15)22-17/h3-4,6-7,14,22,26H,5,8-13H2,1-2H3,(H,23,27). The summed E-state index contributed by atoms with van der Waals surface area (Å²) < 4.78 is 0. The molecule has 29 heavy (non-hydrogen) atoms. The molecule has 0 unspecified atom stereocenters. The number of aliphatic hydroxyl groups is 1. The van der Waals surface area contributed by atoms with Gasteiger partial charge >= 0.3 is 11.8 Å². The maximum Gasteiger partial charge on any atom is 0.312 e. The van der Waals surface area contributed by atoms with Gasteiger partial charge in [0.1, 0.15) is 5.69 Å². The van der Waals surface area contributed by atoms with Gasteiger partial charge in [-0.1, -0.05) is 18.2 Å². The first-order valence-corrected chi connectivity index (χ1v) is 9.90. The predicted molar refractivity (Wildman–Crippen MR) is 109 cm³/mol. The maximum atomic E-state index is 12.8. The van der Waals surface area contributed by atoms with Crippen LogP contribution in [0.5, 0.6) is 0 Å². The van der Waals surface area contributed by atoms with Crippen molar-refractivity contribution in [3.05, 3.63) is 36.0 Å². The first-order chi connectivity index (χ1) is 13.8. The van der Waals surface area contributed by atoms with Gasteiger partial charge in [0.15, 0.2) is 0 Å². The van der Waals surface area contributed by atoms with E-state index in [1.165, 1.54) is 4.90 Å². The van der Waals surface area contributed by atoms with Crippen molar-refractivity contribution in [1.82, 2.24) is 20.1 Å². The third-order valence-corrected chi connectivity index (χ3v) is 5.22. The van der Waals surface area contributed by atoms with E-state index in [9.17, 15) is 14.4 Å². The van der Waals surface area contributed by atoms with E-state index in [0.717, 1.165) is 10.9 Å². The molecule has 1 aromatic carbocycles. The first-order valence-electron chi connectivity index (χ1n) is 9.90.